The molecule has 3 heterocycles. The number of rotatable bonds is 2. The fourth-order valence-corrected chi connectivity index (χ4v) is 2.50. The van der Waals surface area contributed by atoms with E-state index in [-0.39, 0.29) is 6.61 Å². The molecule has 3 rings (SSSR count). The topological polar surface area (TPSA) is 62.1 Å². The highest BCUT2D eigenvalue weighted by atomic mass is 35.5. The van der Waals surface area contributed by atoms with Crippen LogP contribution in [0.25, 0.3) is 11.0 Å². The van der Waals surface area contributed by atoms with Crippen molar-refractivity contribution in [3.05, 3.63) is 23.6 Å². The Morgan fingerprint density at radius 1 is 1.39 bits per heavy atom. The lowest BCUT2D eigenvalue weighted by molar-refractivity contribution is 0.238. The van der Waals surface area contributed by atoms with Gasteiger partial charge in [0.15, 0.2) is 5.82 Å². The molecule has 0 amide bonds. The lowest BCUT2D eigenvalue weighted by Gasteiger charge is -2.18. The molecule has 0 unspecified atom stereocenters. The molecule has 0 saturated carbocycles. The molecule has 0 aromatic carbocycles. The van der Waals surface area contributed by atoms with Crippen LogP contribution in [-0.4, -0.2) is 39.8 Å². The summed E-state index contributed by atoms with van der Waals surface area (Å²) < 4.78 is 0. The van der Waals surface area contributed by atoms with Gasteiger partial charge in [-0.25, -0.2) is 9.97 Å². The Labute approximate surface area is 109 Å². The molecule has 0 bridgehead atoms. The maximum absolute atomic E-state index is 9.20. The first-order valence-corrected chi connectivity index (χ1v) is 6.29. The number of fused-ring (bicyclic) bond motifs is 1. The summed E-state index contributed by atoms with van der Waals surface area (Å²) in [6, 6.07) is 1.72. The van der Waals surface area contributed by atoms with E-state index in [0.29, 0.717) is 11.1 Å². The first kappa shape index (κ1) is 11.6. The zero-order valence-corrected chi connectivity index (χ0v) is 10.5. The zero-order valence-electron chi connectivity index (χ0n) is 9.75. The summed E-state index contributed by atoms with van der Waals surface area (Å²) in [5.74, 6) is 1.07. The predicted molar refractivity (Wildman–Crippen MR) is 69.7 cm³/mol. The molecule has 18 heavy (non-hydrogen) atoms. The SMILES string of the molecule is OC[C@@H]1CCN(c2nc(Cl)cc3nccnc23)C1. The number of aliphatic hydroxyl groups is 1. The molecule has 1 N–H and O–H groups in total. The van der Waals surface area contributed by atoms with Crippen LogP contribution in [0, 0.1) is 5.92 Å². The number of aliphatic hydroxyl groups excluding tert-OH is 1. The van der Waals surface area contributed by atoms with Crippen molar-refractivity contribution in [1.29, 1.82) is 0 Å². The van der Waals surface area contributed by atoms with Gasteiger partial charge >= 0.3 is 0 Å². The summed E-state index contributed by atoms with van der Waals surface area (Å²) in [6.45, 7) is 1.86. The normalized spacial score (nSPS) is 19.7. The van der Waals surface area contributed by atoms with Gasteiger partial charge in [0.05, 0.1) is 5.52 Å². The molecule has 2 aromatic rings. The first-order valence-electron chi connectivity index (χ1n) is 5.91. The zero-order chi connectivity index (χ0) is 12.5. The molecule has 1 aliphatic heterocycles. The fraction of sp³-hybridized carbons (Fsp3) is 0.417. The second-order valence-electron chi connectivity index (χ2n) is 4.48. The Hall–Kier alpha value is -1.46. The van der Waals surface area contributed by atoms with Gasteiger partial charge in [-0.15, -0.1) is 0 Å². The Morgan fingerprint density at radius 3 is 3.00 bits per heavy atom. The monoisotopic (exact) mass is 264 g/mol. The molecule has 1 fully saturated rings. The molecule has 6 heteroatoms. The molecule has 0 radical (unpaired) electrons. The van der Waals surface area contributed by atoms with Crippen molar-refractivity contribution < 1.29 is 5.11 Å². The van der Waals surface area contributed by atoms with Crippen LogP contribution in [0.15, 0.2) is 18.5 Å². The molecular weight excluding hydrogens is 252 g/mol. The van der Waals surface area contributed by atoms with Crippen molar-refractivity contribution >= 4 is 28.5 Å². The van der Waals surface area contributed by atoms with Crippen molar-refractivity contribution in [3.8, 4) is 0 Å². The molecule has 0 aliphatic carbocycles. The number of halogens is 1. The van der Waals surface area contributed by atoms with Crippen LogP contribution < -0.4 is 4.90 Å². The largest absolute Gasteiger partial charge is 0.396 e. The maximum Gasteiger partial charge on any atom is 0.158 e. The number of anilines is 1. The van der Waals surface area contributed by atoms with Gasteiger partial charge in [0.2, 0.25) is 0 Å². The van der Waals surface area contributed by atoms with E-state index < -0.39 is 0 Å². The summed E-state index contributed by atoms with van der Waals surface area (Å²) in [4.78, 5) is 15.1. The van der Waals surface area contributed by atoms with Crippen LogP contribution in [0.3, 0.4) is 0 Å². The van der Waals surface area contributed by atoms with Crippen molar-refractivity contribution in [1.82, 2.24) is 15.0 Å². The van der Waals surface area contributed by atoms with E-state index >= 15 is 0 Å². The minimum atomic E-state index is 0.209. The van der Waals surface area contributed by atoms with Crippen molar-refractivity contribution in [2.24, 2.45) is 5.92 Å². The van der Waals surface area contributed by atoms with E-state index in [0.717, 1.165) is 36.4 Å². The lowest BCUT2D eigenvalue weighted by Crippen LogP contribution is -2.22. The summed E-state index contributed by atoms with van der Waals surface area (Å²) in [7, 11) is 0. The third-order valence-electron chi connectivity index (χ3n) is 3.25. The van der Waals surface area contributed by atoms with Crippen molar-refractivity contribution in [2.45, 2.75) is 6.42 Å². The predicted octanol–water partition coefficient (Wildman–Crippen LogP) is 1.50. The van der Waals surface area contributed by atoms with Crippen LogP contribution >= 0.6 is 11.6 Å². The number of pyridine rings is 1. The van der Waals surface area contributed by atoms with Gasteiger partial charge in [0.1, 0.15) is 10.7 Å². The molecule has 94 valence electrons. The van der Waals surface area contributed by atoms with Crippen molar-refractivity contribution in [2.75, 3.05) is 24.6 Å². The lowest BCUT2D eigenvalue weighted by atomic mass is 10.1. The fourth-order valence-electron chi connectivity index (χ4n) is 2.32. The Morgan fingerprint density at radius 2 is 2.22 bits per heavy atom. The molecule has 5 nitrogen and oxygen atoms in total. The molecule has 1 atom stereocenters. The average molecular weight is 265 g/mol. The quantitative estimate of drug-likeness (QED) is 0.833. The van der Waals surface area contributed by atoms with E-state index in [2.05, 4.69) is 19.9 Å². The van der Waals surface area contributed by atoms with Gasteiger partial charge in [-0.1, -0.05) is 11.6 Å². The van der Waals surface area contributed by atoms with Gasteiger partial charge in [-0.3, -0.25) is 4.98 Å². The summed E-state index contributed by atoms with van der Waals surface area (Å²) in [5, 5.41) is 9.62. The summed E-state index contributed by atoms with van der Waals surface area (Å²) in [5.41, 5.74) is 1.51. The second kappa shape index (κ2) is 4.66. The standard InChI is InChI=1S/C12H13ClN4O/c13-10-5-9-11(15-3-2-14-9)12(16-10)17-4-1-8(6-17)7-18/h2-3,5,8,18H,1,4,6-7H2/t8-/m1/s1. The van der Waals surface area contributed by atoms with E-state index in [1.807, 2.05) is 0 Å². The summed E-state index contributed by atoms with van der Waals surface area (Å²) in [6.07, 6.45) is 4.26. The Kier molecular flexibility index (Phi) is 3.01. The number of nitrogens with zero attached hydrogens (tertiary/aromatic N) is 4. The van der Waals surface area contributed by atoms with E-state index in [9.17, 15) is 5.11 Å². The van der Waals surface area contributed by atoms with Crippen LogP contribution in [0.2, 0.25) is 5.15 Å². The molecular formula is C12H13ClN4O. The van der Waals surface area contributed by atoms with Gasteiger partial charge in [0, 0.05) is 44.1 Å². The van der Waals surface area contributed by atoms with E-state index in [1.54, 1.807) is 18.5 Å². The van der Waals surface area contributed by atoms with Gasteiger partial charge < -0.3 is 10.0 Å². The maximum atomic E-state index is 9.20. The molecule has 0 spiro atoms. The van der Waals surface area contributed by atoms with Gasteiger partial charge in [0.25, 0.3) is 0 Å². The highest BCUT2D eigenvalue weighted by molar-refractivity contribution is 6.30. The Bertz CT molecular complexity index is 577. The highest BCUT2D eigenvalue weighted by Gasteiger charge is 2.25. The average Bonchev–Trinajstić information content (AvgIpc) is 2.86. The minimum absolute atomic E-state index is 0.209. The Balaban J connectivity index is 2.06. The third-order valence-corrected chi connectivity index (χ3v) is 3.44. The highest BCUT2D eigenvalue weighted by Crippen LogP contribution is 2.28. The van der Waals surface area contributed by atoms with Crippen LogP contribution in [0.4, 0.5) is 5.82 Å². The van der Waals surface area contributed by atoms with Gasteiger partial charge in [-0.2, -0.15) is 0 Å². The minimum Gasteiger partial charge on any atom is -0.396 e. The van der Waals surface area contributed by atoms with Crippen LogP contribution in [0.5, 0.6) is 0 Å². The molecule has 1 saturated heterocycles. The van der Waals surface area contributed by atoms with E-state index in [1.165, 1.54) is 0 Å². The smallest absolute Gasteiger partial charge is 0.158 e. The third kappa shape index (κ3) is 2.00. The van der Waals surface area contributed by atoms with E-state index in [4.69, 9.17) is 11.6 Å². The first-order chi connectivity index (χ1) is 8.78. The number of hydrogen-bond donors (Lipinski definition) is 1. The van der Waals surface area contributed by atoms with Crippen LogP contribution in [0.1, 0.15) is 6.42 Å². The number of aromatic nitrogens is 3. The molecule has 1 aliphatic rings. The molecule has 2 aromatic heterocycles. The van der Waals surface area contributed by atoms with Gasteiger partial charge in [-0.05, 0) is 6.42 Å². The second-order valence-corrected chi connectivity index (χ2v) is 4.86. The summed E-state index contributed by atoms with van der Waals surface area (Å²) >= 11 is 6.02. The van der Waals surface area contributed by atoms with Crippen molar-refractivity contribution in [3.63, 3.8) is 0 Å². The number of hydrogen-bond acceptors (Lipinski definition) is 5. The van der Waals surface area contributed by atoms with Crippen LogP contribution in [-0.2, 0) is 0 Å².